The molecule has 0 spiro atoms. The summed E-state index contributed by atoms with van der Waals surface area (Å²) < 4.78 is 5.81. The molecular formula is C28H29Cl2N5O3. The minimum absolute atomic E-state index is 0.0446. The van der Waals surface area contributed by atoms with Crippen LogP contribution in [0, 0.1) is 0 Å². The number of halogens is 2. The van der Waals surface area contributed by atoms with Gasteiger partial charge in [-0.1, -0.05) is 23.2 Å². The molecule has 0 aliphatic carbocycles. The third kappa shape index (κ3) is 5.81. The minimum atomic E-state index is -0.401. The molecule has 0 radical (unpaired) electrons. The number of aromatic nitrogens is 1. The van der Waals surface area contributed by atoms with E-state index in [9.17, 15) is 9.59 Å². The van der Waals surface area contributed by atoms with Gasteiger partial charge in [-0.05, 0) is 61.4 Å². The van der Waals surface area contributed by atoms with E-state index in [2.05, 4.69) is 20.5 Å². The first kappa shape index (κ1) is 26.1. The molecule has 1 saturated heterocycles. The molecule has 1 aromatic heterocycles. The standard InChI is InChI=1S/C28H29Cl2N5O3/c1-34(20-8-13-35(14-9-20)21-6-11-31-12-7-21)27(36)18-2-5-26-22(16-18)24(10-15-38-26)32-28(37)33-25-4-3-19(29)17-23(25)30/h2-7,11-12,16-17,20,24H,8-10,13-15H2,1H3,(H2,32,33,37). The highest BCUT2D eigenvalue weighted by Gasteiger charge is 2.29. The van der Waals surface area contributed by atoms with Crippen molar-refractivity contribution in [1.82, 2.24) is 15.2 Å². The number of pyridine rings is 1. The molecule has 1 unspecified atom stereocenters. The fourth-order valence-corrected chi connectivity index (χ4v) is 5.48. The van der Waals surface area contributed by atoms with Gasteiger partial charge in [-0.3, -0.25) is 9.78 Å². The van der Waals surface area contributed by atoms with Crippen LogP contribution in [0.1, 0.15) is 41.2 Å². The van der Waals surface area contributed by atoms with Crippen molar-refractivity contribution in [2.45, 2.75) is 31.3 Å². The van der Waals surface area contributed by atoms with Crippen LogP contribution in [0.3, 0.4) is 0 Å². The number of ether oxygens (including phenoxy) is 1. The molecule has 0 saturated carbocycles. The van der Waals surface area contributed by atoms with Gasteiger partial charge in [-0.2, -0.15) is 0 Å². The topological polar surface area (TPSA) is 86.8 Å². The Bertz CT molecular complexity index is 1320. The highest BCUT2D eigenvalue weighted by Crippen LogP contribution is 2.34. The summed E-state index contributed by atoms with van der Waals surface area (Å²) in [4.78, 5) is 34.5. The van der Waals surface area contributed by atoms with Gasteiger partial charge in [0.25, 0.3) is 5.91 Å². The fourth-order valence-electron chi connectivity index (χ4n) is 5.02. The first-order valence-electron chi connectivity index (χ1n) is 12.6. The van der Waals surface area contributed by atoms with E-state index in [1.807, 2.05) is 36.2 Å². The van der Waals surface area contributed by atoms with E-state index in [0.717, 1.165) is 37.2 Å². The number of amides is 3. The van der Waals surface area contributed by atoms with Gasteiger partial charge in [0.15, 0.2) is 0 Å². The number of urea groups is 1. The average molecular weight is 554 g/mol. The molecule has 5 rings (SSSR count). The van der Waals surface area contributed by atoms with E-state index in [1.54, 1.807) is 36.7 Å². The average Bonchev–Trinajstić information content (AvgIpc) is 2.94. The number of carbonyl (C=O) groups excluding carboxylic acids is 2. The van der Waals surface area contributed by atoms with Crippen molar-refractivity contribution in [1.29, 1.82) is 0 Å². The summed E-state index contributed by atoms with van der Waals surface area (Å²) in [7, 11) is 1.87. The number of hydrogen-bond donors (Lipinski definition) is 2. The number of piperidine rings is 1. The second-order valence-electron chi connectivity index (χ2n) is 9.50. The number of rotatable bonds is 5. The van der Waals surface area contributed by atoms with Crippen LogP contribution in [-0.2, 0) is 0 Å². The Morgan fingerprint density at radius 2 is 1.79 bits per heavy atom. The largest absolute Gasteiger partial charge is 0.493 e. The van der Waals surface area contributed by atoms with Crippen molar-refractivity contribution in [2.24, 2.45) is 0 Å². The summed E-state index contributed by atoms with van der Waals surface area (Å²) in [6.45, 7) is 2.22. The van der Waals surface area contributed by atoms with Crippen LogP contribution in [0.5, 0.6) is 5.75 Å². The third-order valence-electron chi connectivity index (χ3n) is 7.14. The summed E-state index contributed by atoms with van der Waals surface area (Å²) in [5.41, 5.74) is 2.96. The molecule has 2 aliphatic rings. The van der Waals surface area contributed by atoms with Crippen molar-refractivity contribution < 1.29 is 14.3 Å². The molecule has 3 amide bonds. The molecule has 10 heteroatoms. The number of fused-ring (bicyclic) bond motifs is 1. The predicted octanol–water partition coefficient (Wildman–Crippen LogP) is 5.77. The Labute approximate surface area is 231 Å². The van der Waals surface area contributed by atoms with Gasteiger partial charge in [0, 0.05) is 66.8 Å². The van der Waals surface area contributed by atoms with Crippen LogP contribution >= 0.6 is 23.2 Å². The lowest BCUT2D eigenvalue weighted by Gasteiger charge is -2.38. The maximum atomic E-state index is 13.5. The smallest absolute Gasteiger partial charge is 0.319 e. The second kappa shape index (κ2) is 11.5. The monoisotopic (exact) mass is 553 g/mol. The number of nitrogens with zero attached hydrogens (tertiary/aromatic N) is 3. The fraction of sp³-hybridized carbons (Fsp3) is 0.321. The van der Waals surface area contributed by atoms with Crippen molar-refractivity contribution in [3.63, 3.8) is 0 Å². The molecule has 3 aromatic rings. The van der Waals surface area contributed by atoms with E-state index < -0.39 is 6.03 Å². The molecule has 3 heterocycles. The molecule has 2 aliphatic heterocycles. The Kier molecular flexibility index (Phi) is 7.90. The van der Waals surface area contributed by atoms with Crippen LogP contribution in [0.15, 0.2) is 60.9 Å². The Morgan fingerprint density at radius 3 is 2.53 bits per heavy atom. The van der Waals surface area contributed by atoms with Crippen molar-refractivity contribution in [2.75, 3.05) is 37.0 Å². The van der Waals surface area contributed by atoms with Gasteiger partial charge in [-0.25, -0.2) is 4.79 Å². The molecule has 1 atom stereocenters. The molecule has 38 heavy (non-hydrogen) atoms. The van der Waals surface area contributed by atoms with Gasteiger partial charge < -0.3 is 25.2 Å². The molecule has 8 nitrogen and oxygen atoms in total. The van der Waals surface area contributed by atoms with Crippen LogP contribution in [0.2, 0.25) is 10.0 Å². The summed E-state index contributed by atoms with van der Waals surface area (Å²) in [6, 6.07) is 13.8. The van der Waals surface area contributed by atoms with Gasteiger partial charge in [-0.15, -0.1) is 0 Å². The zero-order chi connectivity index (χ0) is 26.6. The quantitative estimate of drug-likeness (QED) is 0.418. The molecular weight excluding hydrogens is 525 g/mol. The second-order valence-corrected chi connectivity index (χ2v) is 10.3. The SMILES string of the molecule is CN(C(=O)c1ccc2c(c1)C(NC(=O)Nc1ccc(Cl)cc1Cl)CCO2)C1CCN(c2ccncc2)CC1. The van der Waals surface area contributed by atoms with Gasteiger partial charge in [0.2, 0.25) is 0 Å². The molecule has 1 fully saturated rings. The maximum absolute atomic E-state index is 13.5. The number of anilines is 2. The van der Waals surface area contributed by atoms with E-state index in [4.69, 9.17) is 27.9 Å². The highest BCUT2D eigenvalue weighted by molar-refractivity contribution is 6.36. The van der Waals surface area contributed by atoms with Crippen molar-refractivity contribution in [3.05, 3.63) is 82.1 Å². The lowest BCUT2D eigenvalue weighted by atomic mass is 9.97. The zero-order valence-corrected chi connectivity index (χ0v) is 22.5. The van der Waals surface area contributed by atoms with E-state index in [-0.39, 0.29) is 18.0 Å². The van der Waals surface area contributed by atoms with Crippen molar-refractivity contribution >= 4 is 46.5 Å². The lowest BCUT2D eigenvalue weighted by Crippen LogP contribution is -2.45. The van der Waals surface area contributed by atoms with Gasteiger partial charge >= 0.3 is 6.03 Å². The number of benzene rings is 2. The number of carbonyl (C=O) groups is 2. The van der Waals surface area contributed by atoms with Gasteiger partial charge in [0.1, 0.15) is 5.75 Å². The highest BCUT2D eigenvalue weighted by atomic mass is 35.5. The Morgan fingerprint density at radius 1 is 1.03 bits per heavy atom. The van der Waals surface area contributed by atoms with Crippen LogP contribution < -0.4 is 20.3 Å². The number of nitrogens with one attached hydrogen (secondary N) is 2. The van der Waals surface area contributed by atoms with Crippen LogP contribution in [0.25, 0.3) is 0 Å². The Balaban J connectivity index is 1.24. The van der Waals surface area contributed by atoms with Crippen molar-refractivity contribution in [3.8, 4) is 5.75 Å². The lowest BCUT2D eigenvalue weighted by molar-refractivity contribution is 0.0709. The minimum Gasteiger partial charge on any atom is -0.493 e. The first-order chi connectivity index (χ1) is 18.4. The summed E-state index contributed by atoms with van der Waals surface area (Å²) in [6.07, 6.45) is 5.95. The van der Waals surface area contributed by atoms with Crippen LogP contribution in [0.4, 0.5) is 16.2 Å². The molecule has 2 aromatic carbocycles. The van der Waals surface area contributed by atoms with Crippen LogP contribution in [-0.4, -0.2) is 54.6 Å². The number of hydrogen-bond acceptors (Lipinski definition) is 5. The van der Waals surface area contributed by atoms with Gasteiger partial charge in [0.05, 0.1) is 23.4 Å². The molecule has 0 bridgehead atoms. The first-order valence-corrected chi connectivity index (χ1v) is 13.4. The third-order valence-corrected chi connectivity index (χ3v) is 7.69. The summed E-state index contributed by atoms with van der Waals surface area (Å²) >= 11 is 12.1. The summed E-state index contributed by atoms with van der Waals surface area (Å²) in [5, 5.41) is 6.59. The van der Waals surface area contributed by atoms with E-state index in [1.165, 1.54) is 0 Å². The molecule has 198 valence electrons. The van der Waals surface area contributed by atoms with E-state index >= 15 is 0 Å². The Hall–Kier alpha value is -3.49. The summed E-state index contributed by atoms with van der Waals surface area (Å²) in [5.74, 6) is 0.618. The zero-order valence-electron chi connectivity index (χ0n) is 21.0. The molecule has 2 N–H and O–H groups in total. The van der Waals surface area contributed by atoms with E-state index in [0.29, 0.717) is 40.1 Å². The maximum Gasteiger partial charge on any atom is 0.319 e. The predicted molar refractivity (Wildman–Crippen MR) is 149 cm³/mol. The normalized spacial score (nSPS) is 17.2.